The van der Waals surface area contributed by atoms with E-state index < -0.39 is 12.8 Å². The van der Waals surface area contributed by atoms with Crippen LogP contribution < -0.4 is 10.6 Å². The summed E-state index contributed by atoms with van der Waals surface area (Å²) in [7, 11) is 0. The van der Waals surface area contributed by atoms with Crippen molar-refractivity contribution < 1.29 is 22.7 Å². The predicted molar refractivity (Wildman–Crippen MR) is 69.3 cm³/mol. The number of piperidine rings is 1. The smallest absolute Gasteiger partial charge is 0.370 e. The van der Waals surface area contributed by atoms with Crippen molar-refractivity contribution in [2.24, 2.45) is 5.41 Å². The predicted octanol–water partition coefficient (Wildman–Crippen LogP) is 1.85. The molecule has 0 radical (unpaired) electrons. The second-order valence-electron chi connectivity index (χ2n) is 5.20. The number of halogens is 3. The normalized spacial score (nSPS) is 18.8. The van der Waals surface area contributed by atoms with Crippen LogP contribution in [0.3, 0.4) is 0 Å². The van der Waals surface area contributed by atoms with Crippen molar-refractivity contribution >= 4 is 5.91 Å². The summed E-state index contributed by atoms with van der Waals surface area (Å²) in [5.41, 5.74) is -0.371. The largest absolute Gasteiger partial charge is 0.411 e. The van der Waals surface area contributed by atoms with Crippen LogP contribution in [-0.2, 0) is 9.53 Å². The highest BCUT2D eigenvalue weighted by Gasteiger charge is 2.38. The summed E-state index contributed by atoms with van der Waals surface area (Å²) >= 11 is 0. The molecular weight excluding hydrogens is 273 g/mol. The molecule has 0 atom stereocenters. The molecule has 1 saturated heterocycles. The molecule has 20 heavy (non-hydrogen) atoms. The molecule has 0 bridgehead atoms. The maximum absolute atomic E-state index is 12.3. The van der Waals surface area contributed by atoms with Gasteiger partial charge in [-0.25, -0.2) is 0 Å². The molecule has 0 aromatic rings. The average Bonchev–Trinajstić information content (AvgIpc) is 2.38. The first kappa shape index (κ1) is 17.2. The second-order valence-corrected chi connectivity index (χ2v) is 5.20. The van der Waals surface area contributed by atoms with E-state index in [1.54, 1.807) is 0 Å². The Labute approximate surface area is 117 Å². The van der Waals surface area contributed by atoms with Crippen LogP contribution in [0.15, 0.2) is 0 Å². The maximum atomic E-state index is 12.3. The molecule has 0 saturated carbocycles. The Bertz CT molecular complexity index is 297. The second kappa shape index (κ2) is 7.83. The Morgan fingerprint density at radius 2 is 2.00 bits per heavy atom. The molecule has 0 aromatic carbocycles. The summed E-state index contributed by atoms with van der Waals surface area (Å²) in [5.74, 6) is -0.0588. The molecule has 1 aliphatic heterocycles. The summed E-state index contributed by atoms with van der Waals surface area (Å²) in [6.07, 6.45) is -1.05. The van der Waals surface area contributed by atoms with E-state index in [1.165, 1.54) is 0 Å². The lowest BCUT2D eigenvalue weighted by atomic mass is 9.74. The molecule has 0 unspecified atom stereocenters. The molecule has 0 spiro atoms. The quantitative estimate of drug-likeness (QED) is 0.705. The van der Waals surface area contributed by atoms with E-state index in [0.29, 0.717) is 0 Å². The van der Waals surface area contributed by atoms with Crippen molar-refractivity contribution in [3.63, 3.8) is 0 Å². The molecule has 1 amide bonds. The highest BCUT2D eigenvalue weighted by molar-refractivity contribution is 5.82. The van der Waals surface area contributed by atoms with Crippen molar-refractivity contribution in [1.29, 1.82) is 0 Å². The number of carbonyl (C=O) groups is 1. The SMILES string of the molecule is CCCC1(C(=O)NCCOCC(F)(F)F)CCNCC1. The van der Waals surface area contributed by atoms with Gasteiger partial charge in [-0.2, -0.15) is 13.2 Å². The minimum absolute atomic E-state index is 0.0588. The molecule has 1 aliphatic rings. The first-order valence-electron chi connectivity index (χ1n) is 7.03. The molecule has 1 heterocycles. The maximum Gasteiger partial charge on any atom is 0.411 e. The van der Waals surface area contributed by atoms with Crippen LogP contribution in [0.1, 0.15) is 32.6 Å². The Kier molecular flexibility index (Phi) is 6.75. The van der Waals surface area contributed by atoms with Gasteiger partial charge in [-0.05, 0) is 32.4 Å². The van der Waals surface area contributed by atoms with Crippen LogP contribution in [-0.4, -0.2) is 44.9 Å². The summed E-state index contributed by atoms with van der Waals surface area (Å²) in [4.78, 5) is 12.3. The van der Waals surface area contributed by atoms with Gasteiger partial charge in [-0.3, -0.25) is 4.79 Å². The summed E-state index contributed by atoms with van der Waals surface area (Å²) in [6.45, 7) is 2.37. The van der Waals surface area contributed by atoms with Crippen molar-refractivity contribution in [3.8, 4) is 0 Å². The monoisotopic (exact) mass is 296 g/mol. The number of rotatable bonds is 7. The van der Waals surface area contributed by atoms with Gasteiger partial charge in [0.2, 0.25) is 5.91 Å². The highest BCUT2D eigenvalue weighted by Crippen LogP contribution is 2.34. The van der Waals surface area contributed by atoms with E-state index in [1.807, 2.05) is 6.92 Å². The van der Waals surface area contributed by atoms with Gasteiger partial charge in [-0.1, -0.05) is 13.3 Å². The fourth-order valence-corrected chi connectivity index (χ4v) is 2.59. The van der Waals surface area contributed by atoms with Gasteiger partial charge in [0.25, 0.3) is 0 Å². The van der Waals surface area contributed by atoms with E-state index in [9.17, 15) is 18.0 Å². The lowest BCUT2D eigenvalue weighted by Crippen LogP contribution is -2.48. The van der Waals surface area contributed by atoms with Crippen LogP contribution in [0.25, 0.3) is 0 Å². The Morgan fingerprint density at radius 1 is 1.35 bits per heavy atom. The van der Waals surface area contributed by atoms with Gasteiger partial charge in [0, 0.05) is 6.54 Å². The van der Waals surface area contributed by atoms with E-state index >= 15 is 0 Å². The number of hydrogen-bond donors (Lipinski definition) is 2. The fourth-order valence-electron chi connectivity index (χ4n) is 2.59. The number of hydrogen-bond acceptors (Lipinski definition) is 3. The van der Waals surface area contributed by atoms with Crippen LogP contribution in [0.5, 0.6) is 0 Å². The first-order valence-corrected chi connectivity index (χ1v) is 7.03. The number of amides is 1. The highest BCUT2D eigenvalue weighted by atomic mass is 19.4. The van der Waals surface area contributed by atoms with Crippen molar-refractivity contribution in [2.45, 2.75) is 38.8 Å². The molecule has 0 aliphatic carbocycles. The topological polar surface area (TPSA) is 50.4 Å². The van der Waals surface area contributed by atoms with Crippen LogP contribution in [0.2, 0.25) is 0 Å². The third kappa shape index (κ3) is 5.66. The molecule has 0 aromatic heterocycles. The number of nitrogens with one attached hydrogen (secondary N) is 2. The lowest BCUT2D eigenvalue weighted by Gasteiger charge is -2.36. The zero-order valence-electron chi connectivity index (χ0n) is 11.8. The zero-order chi connectivity index (χ0) is 15.1. The minimum atomic E-state index is -4.32. The zero-order valence-corrected chi connectivity index (χ0v) is 11.8. The summed E-state index contributed by atoms with van der Waals surface area (Å²) < 4.78 is 40.1. The average molecular weight is 296 g/mol. The summed E-state index contributed by atoms with van der Waals surface area (Å²) in [5, 5.41) is 5.92. The number of carbonyl (C=O) groups excluding carboxylic acids is 1. The first-order chi connectivity index (χ1) is 9.40. The molecule has 4 nitrogen and oxygen atoms in total. The van der Waals surface area contributed by atoms with Crippen LogP contribution >= 0.6 is 0 Å². The lowest BCUT2D eigenvalue weighted by molar-refractivity contribution is -0.173. The fraction of sp³-hybridized carbons (Fsp3) is 0.923. The summed E-state index contributed by atoms with van der Waals surface area (Å²) in [6, 6.07) is 0. The molecule has 1 fully saturated rings. The Hall–Kier alpha value is -0.820. The van der Waals surface area contributed by atoms with Gasteiger partial charge in [0.05, 0.1) is 12.0 Å². The third-order valence-electron chi connectivity index (χ3n) is 3.57. The van der Waals surface area contributed by atoms with Crippen LogP contribution in [0, 0.1) is 5.41 Å². The standard InChI is InChI=1S/C13H23F3N2O2/c1-2-3-12(4-6-17-7-5-12)11(19)18-8-9-20-10-13(14,15)16/h17H,2-10H2,1H3,(H,18,19). The molecule has 7 heteroatoms. The molecule has 2 N–H and O–H groups in total. The Balaban J connectivity index is 2.32. The Morgan fingerprint density at radius 3 is 2.55 bits per heavy atom. The molecule has 1 rings (SSSR count). The van der Waals surface area contributed by atoms with Gasteiger partial charge >= 0.3 is 6.18 Å². The van der Waals surface area contributed by atoms with Crippen molar-refractivity contribution in [1.82, 2.24) is 10.6 Å². The number of ether oxygens (including phenoxy) is 1. The van der Waals surface area contributed by atoms with Gasteiger partial charge in [-0.15, -0.1) is 0 Å². The third-order valence-corrected chi connectivity index (χ3v) is 3.57. The molecule has 118 valence electrons. The minimum Gasteiger partial charge on any atom is -0.370 e. The van der Waals surface area contributed by atoms with E-state index in [0.717, 1.165) is 38.8 Å². The van der Waals surface area contributed by atoms with E-state index in [4.69, 9.17) is 0 Å². The number of alkyl halides is 3. The van der Waals surface area contributed by atoms with Crippen LogP contribution in [0.4, 0.5) is 13.2 Å². The van der Waals surface area contributed by atoms with E-state index in [2.05, 4.69) is 15.4 Å². The van der Waals surface area contributed by atoms with Crippen molar-refractivity contribution in [3.05, 3.63) is 0 Å². The van der Waals surface area contributed by atoms with Gasteiger partial charge in [0.1, 0.15) is 6.61 Å². The van der Waals surface area contributed by atoms with Crippen molar-refractivity contribution in [2.75, 3.05) is 32.8 Å². The van der Waals surface area contributed by atoms with Gasteiger partial charge < -0.3 is 15.4 Å². The van der Waals surface area contributed by atoms with E-state index in [-0.39, 0.29) is 24.5 Å². The molecular formula is C13H23F3N2O2. The van der Waals surface area contributed by atoms with Gasteiger partial charge in [0.15, 0.2) is 0 Å².